The molecule has 0 bridgehead atoms. The van der Waals surface area contributed by atoms with Crippen molar-refractivity contribution >= 4 is 5.91 Å². The van der Waals surface area contributed by atoms with Crippen LogP contribution in [0.4, 0.5) is 0 Å². The summed E-state index contributed by atoms with van der Waals surface area (Å²) < 4.78 is 0. The summed E-state index contributed by atoms with van der Waals surface area (Å²) in [5, 5.41) is 6.52. The third-order valence-electron chi connectivity index (χ3n) is 4.60. The monoisotopic (exact) mass is 282 g/mol. The highest BCUT2D eigenvalue weighted by Gasteiger charge is 2.27. The van der Waals surface area contributed by atoms with Gasteiger partial charge in [-0.25, -0.2) is 0 Å². The Kier molecular flexibility index (Phi) is 7.57. The molecular formula is C17H34N2O. The summed E-state index contributed by atoms with van der Waals surface area (Å²) in [7, 11) is 0. The predicted octanol–water partition coefficient (Wildman–Crippen LogP) is 3.49. The zero-order valence-electron chi connectivity index (χ0n) is 13.9. The molecule has 0 radical (unpaired) electrons. The van der Waals surface area contributed by atoms with Crippen molar-refractivity contribution in [3.63, 3.8) is 0 Å². The van der Waals surface area contributed by atoms with Crippen molar-refractivity contribution in [3.8, 4) is 0 Å². The minimum absolute atomic E-state index is 0.0279. The first-order valence-electron chi connectivity index (χ1n) is 8.49. The Labute approximate surface area is 125 Å². The minimum Gasteiger partial charge on any atom is -0.354 e. The molecule has 3 nitrogen and oxygen atoms in total. The first kappa shape index (κ1) is 17.5. The number of nitrogens with one attached hydrogen (secondary N) is 2. The lowest BCUT2D eigenvalue weighted by Crippen LogP contribution is -2.50. The van der Waals surface area contributed by atoms with Crippen LogP contribution in [-0.4, -0.2) is 25.0 Å². The third-order valence-corrected chi connectivity index (χ3v) is 4.60. The van der Waals surface area contributed by atoms with Gasteiger partial charge in [-0.1, -0.05) is 53.4 Å². The summed E-state index contributed by atoms with van der Waals surface area (Å²) in [5.41, 5.74) is 0.212. The molecule has 1 aliphatic heterocycles. The van der Waals surface area contributed by atoms with Crippen molar-refractivity contribution < 1.29 is 4.79 Å². The Bertz CT molecular complexity index is 289. The fourth-order valence-corrected chi connectivity index (χ4v) is 2.96. The molecule has 2 unspecified atom stereocenters. The Morgan fingerprint density at radius 3 is 2.70 bits per heavy atom. The van der Waals surface area contributed by atoms with E-state index < -0.39 is 0 Å². The lowest BCUT2D eigenvalue weighted by molar-refractivity contribution is -0.124. The molecule has 20 heavy (non-hydrogen) atoms. The van der Waals surface area contributed by atoms with Gasteiger partial charge in [-0.05, 0) is 37.1 Å². The maximum absolute atomic E-state index is 12.3. The van der Waals surface area contributed by atoms with Crippen LogP contribution >= 0.6 is 0 Å². The number of hydrogen-bond donors (Lipinski definition) is 2. The second kappa shape index (κ2) is 8.66. The Morgan fingerprint density at radius 1 is 1.30 bits per heavy atom. The maximum Gasteiger partial charge on any atom is 0.237 e. The molecule has 3 heteroatoms. The lowest BCUT2D eigenvalue weighted by Gasteiger charge is -2.31. The number of carbonyl (C=O) groups excluding carboxylic acids is 1. The summed E-state index contributed by atoms with van der Waals surface area (Å²) in [6.45, 7) is 10.7. The average Bonchev–Trinajstić information content (AvgIpc) is 2.45. The van der Waals surface area contributed by atoms with Crippen molar-refractivity contribution in [2.24, 2.45) is 11.3 Å². The van der Waals surface area contributed by atoms with Crippen molar-refractivity contribution in [1.82, 2.24) is 10.6 Å². The van der Waals surface area contributed by atoms with E-state index >= 15 is 0 Å². The molecular weight excluding hydrogens is 248 g/mol. The van der Waals surface area contributed by atoms with E-state index in [4.69, 9.17) is 0 Å². The zero-order valence-corrected chi connectivity index (χ0v) is 13.9. The van der Waals surface area contributed by atoms with E-state index in [0.717, 1.165) is 19.5 Å². The number of rotatable bonds is 8. The van der Waals surface area contributed by atoms with Crippen LogP contribution in [-0.2, 0) is 4.79 Å². The molecule has 1 fully saturated rings. The standard InChI is InChI=1S/C17H34N2O/c1-5-7-8-10-17(3,4)13-19-16(20)15-12-14(6-2)9-11-18-15/h14-15,18H,5-13H2,1-4H3,(H,19,20). The smallest absolute Gasteiger partial charge is 0.237 e. The van der Waals surface area contributed by atoms with E-state index in [1.54, 1.807) is 0 Å². The minimum atomic E-state index is 0.0279. The van der Waals surface area contributed by atoms with E-state index in [-0.39, 0.29) is 17.4 Å². The Balaban J connectivity index is 2.30. The van der Waals surface area contributed by atoms with Gasteiger partial charge in [0.1, 0.15) is 0 Å². The SMILES string of the molecule is CCCCCC(C)(C)CNC(=O)C1CC(CC)CCN1. The summed E-state index contributed by atoms with van der Waals surface area (Å²) >= 11 is 0. The van der Waals surface area contributed by atoms with Gasteiger partial charge in [-0.15, -0.1) is 0 Å². The van der Waals surface area contributed by atoms with E-state index in [0.29, 0.717) is 5.92 Å². The number of piperidine rings is 1. The van der Waals surface area contributed by atoms with Crippen LogP contribution in [0, 0.1) is 11.3 Å². The summed E-state index contributed by atoms with van der Waals surface area (Å²) in [6.07, 6.45) is 8.40. The molecule has 1 amide bonds. The number of amides is 1. The second-order valence-electron chi connectivity index (χ2n) is 7.14. The van der Waals surface area contributed by atoms with Crippen LogP contribution in [0.1, 0.15) is 72.6 Å². The van der Waals surface area contributed by atoms with Crippen LogP contribution in [0.25, 0.3) is 0 Å². The summed E-state index contributed by atoms with van der Waals surface area (Å²) in [5.74, 6) is 0.913. The average molecular weight is 282 g/mol. The molecule has 0 spiro atoms. The molecule has 0 saturated carbocycles. The highest BCUT2D eigenvalue weighted by atomic mass is 16.2. The Morgan fingerprint density at radius 2 is 2.05 bits per heavy atom. The quantitative estimate of drug-likeness (QED) is 0.669. The van der Waals surface area contributed by atoms with E-state index in [2.05, 4.69) is 38.3 Å². The normalized spacial score (nSPS) is 23.6. The van der Waals surface area contributed by atoms with Gasteiger partial charge in [0, 0.05) is 6.54 Å². The van der Waals surface area contributed by atoms with Gasteiger partial charge in [0.15, 0.2) is 0 Å². The molecule has 0 aromatic heterocycles. The summed E-state index contributed by atoms with van der Waals surface area (Å²) in [6, 6.07) is 0.0279. The van der Waals surface area contributed by atoms with Gasteiger partial charge in [0.25, 0.3) is 0 Å². The van der Waals surface area contributed by atoms with Gasteiger partial charge in [0.05, 0.1) is 6.04 Å². The van der Waals surface area contributed by atoms with Crippen molar-refractivity contribution in [3.05, 3.63) is 0 Å². The van der Waals surface area contributed by atoms with Gasteiger partial charge in [-0.2, -0.15) is 0 Å². The van der Waals surface area contributed by atoms with Crippen molar-refractivity contribution in [1.29, 1.82) is 0 Å². The van der Waals surface area contributed by atoms with Gasteiger partial charge >= 0.3 is 0 Å². The van der Waals surface area contributed by atoms with Crippen molar-refractivity contribution in [2.75, 3.05) is 13.1 Å². The molecule has 1 heterocycles. The zero-order chi connectivity index (χ0) is 15.0. The van der Waals surface area contributed by atoms with E-state index in [1.807, 2.05) is 0 Å². The van der Waals surface area contributed by atoms with Crippen LogP contribution in [0.2, 0.25) is 0 Å². The molecule has 1 aliphatic rings. The Hall–Kier alpha value is -0.570. The molecule has 1 saturated heterocycles. The first-order chi connectivity index (χ1) is 9.48. The molecule has 1 rings (SSSR count). The van der Waals surface area contributed by atoms with Gasteiger partial charge in [0.2, 0.25) is 5.91 Å². The van der Waals surface area contributed by atoms with E-state index in [9.17, 15) is 4.79 Å². The fraction of sp³-hybridized carbons (Fsp3) is 0.941. The fourth-order valence-electron chi connectivity index (χ4n) is 2.96. The van der Waals surface area contributed by atoms with Crippen LogP contribution in [0.5, 0.6) is 0 Å². The molecule has 118 valence electrons. The molecule has 0 aliphatic carbocycles. The third kappa shape index (κ3) is 6.25. The van der Waals surface area contributed by atoms with Gasteiger partial charge in [-0.3, -0.25) is 4.79 Å². The molecule has 0 aromatic carbocycles. The largest absolute Gasteiger partial charge is 0.354 e. The highest BCUT2D eigenvalue weighted by molar-refractivity contribution is 5.81. The van der Waals surface area contributed by atoms with Gasteiger partial charge < -0.3 is 10.6 Å². The molecule has 2 N–H and O–H groups in total. The molecule has 2 atom stereocenters. The number of unbranched alkanes of at least 4 members (excludes halogenated alkanes) is 2. The number of hydrogen-bond acceptors (Lipinski definition) is 2. The second-order valence-corrected chi connectivity index (χ2v) is 7.14. The molecule has 0 aromatic rings. The van der Waals surface area contributed by atoms with E-state index in [1.165, 1.54) is 38.5 Å². The highest BCUT2D eigenvalue weighted by Crippen LogP contribution is 2.23. The number of carbonyl (C=O) groups is 1. The first-order valence-corrected chi connectivity index (χ1v) is 8.49. The summed E-state index contributed by atoms with van der Waals surface area (Å²) in [4.78, 5) is 12.3. The lowest BCUT2D eigenvalue weighted by atomic mass is 9.86. The van der Waals surface area contributed by atoms with Crippen LogP contribution in [0.3, 0.4) is 0 Å². The predicted molar refractivity (Wildman–Crippen MR) is 85.7 cm³/mol. The maximum atomic E-state index is 12.3. The van der Waals surface area contributed by atoms with Crippen molar-refractivity contribution in [2.45, 2.75) is 78.7 Å². The van der Waals surface area contributed by atoms with Crippen LogP contribution < -0.4 is 10.6 Å². The topological polar surface area (TPSA) is 41.1 Å². The van der Waals surface area contributed by atoms with Crippen LogP contribution in [0.15, 0.2) is 0 Å².